The summed E-state index contributed by atoms with van der Waals surface area (Å²) in [5, 5.41) is 2.07. The lowest BCUT2D eigenvalue weighted by Crippen LogP contribution is -2.32. The molecule has 118 valence electrons. The van der Waals surface area contributed by atoms with Crippen LogP contribution in [0, 0.1) is 6.92 Å². The Balaban J connectivity index is 1.77. The Morgan fingerprint density at radius 2 is 2.13 bits per heavy atom. The average molecular weight is 325 g/mol. The first kappa shape index (κ1) is 15.6. The molecule has 0 aliphatic heterocycles. The van der Waals surface area contributed by atoms with Crippen molar-refractivity contribution in [1.29, 1.82) is 0 Å². The Labute approximate surface area is 140 Å². The Hall–Kier alpha value is -2.33. The molecule has 0 spiro atoms. The quantitative estimate of drug-likeness (QED) is 0.667. The van der Waals surface area contributed by atoms with E-state index in [0.717, 1.165) is 23.1 Å². The molecule has 0 radical (unpaired) electrons. The summed E-state index contributed by atoms with van der Waals surface area (Å²) in [6, 6.07) is 13.8. The van der Waals surface area contributed by atoms with Crippen LogP contribution >= 0.6 is 11.3 Å². The third-order valence-electron chi connectivity index (χ3n) is 3.71. The van der Waals surface area contributed by atoms with E-state index in [4.69, 9.17) is 4.42 Å². The molecule has 1 aromatic carbocycles. The number of nitrogens with zero attached hydrogens (tertiary/aromatic N) is 1. The molecule has 0 saturated heterocycles. The third kappa shape index (κ3) is 4.11. The van der Waals surface area contributed by atoms with Gasteiger partial charge in [-0.2, -0.15) is 0 Å². The molecule has 1 amide bonds. The van der Waals surface area contributed by atoms with Crippen LogP contribution in [0.25, 0.3) is 0 Å². The van der Waals surface area contributed by atoms with Gasteiger partial charge in [-0.1, -0.05) is 23.8 Å². The first-order valence-electron chi connectivity index (χ1n) is 7.62. The molecular formula is C19H19NO2S. The Bertz CT molecular complexity index is 748. The van der Waals surface area contributed by atoms with Crippen LogP contribution in [0.3, 0.4) is 0 Å². The second-order valence-corrected chi connectivity index (χ2v) is 6.59. The number of rotatable bonds is 6. The van der Waals surface area contributed by atoms with Crippen LogP contribution in [0.1, 0.15) is 26.4 Å². The zero-order chi connectivity index (χ0) is 16.1. The summed E-state index contributed by atoms with van der Waals surface area (Å²) >= 11 is 1.73. The van der Waals surface area contributed by atoms with Gasteiger partial charge in [-0.25, -0.2) is 0 Å². The van der Waals surface area contributed by atoms with Gasteiger partial charge in [0.2, 0.25) is 0 Å². The minimum Gasteiger partial charge on any atom is -0.472 e. The molecule has 4 heteroatoms. The summed E-state index contributed by atoms with van der Waals surface area (Å²) in [4.78, 5) is 16.1. The fourth-order valence-electron chi connectivity index (χ4n) is 2.52. The van der Waals surface area contributed by atoms with Crippen molar-refractivity contribution in [3.05, 3.63) is 81.9 Å². The monoisotopic (exact) mass is 325 g/mol. The van der Waals surface area contributed by atoms with Crippen molar-refractivity contribution in [2.24, 2.45) is 0 Å². The lowest BCUT2D eigenvalue weighted by molar-refractivity contribution is 0.0745. The fraction of sp³-hybridized carbons (Fsp3) is 0.211. The number of amides is 1. The van der Waals surface area contributed by atoms with Crippen LogP contribution in [-0.2, 0) is 13.0 Å². The predicted octanol–water partition coefficient (Wildman–Crippen LogP) is 4.53. The smallest absolute Gasteiger partial charge is 0.254 e. The van der Waals surface area contributed by atoms with Crippen LogP contribution in [0.15, 0.2) is 64.8 Å². The third-order valence-corrected chi connectivity index (χ3v) is 4.65. The highest BCUT2D eigenvalue weighted by molar-refractivity contribution is 7.09. The first-order valence-corrected chi connectivity index (χ1v) is 8.50. The fourth-order valence-corrected chi connectivity index (χ4v) is 3.21. The molecule has 0 saturated carbocycles. The molecular weight excluding hydrogens is 306 g/mol. The molecule has 0 atom stereocenters. The van der Waals surface area contributed by atoms with Crippen LogP contribution in [0.4, 0.5) is 0 Å². The van der Waals surface area contributed by atoms with Gasteiger partial charge in [0.1, 0.15) is 0 Å². The number of benzene rings is 1. The van der Waals surface area contributed by atoms with Crippen molar-refractivity contribution in [1.82, 2.24) is 4.90 Å². The van der Waals surface area contributed by atoms with Gasteiger partial charge in [-0.05, 0) is 43.0 Å². The minimum absolute atomic E-state index is 0.0615. The zero-order valence-electron chi connectivity index (χ0n) is 13.1. The normalized spacial score (nSPS) is 10.7. The average Bonchev–Trinajstić information content (AvgIpc) is 3.24. The lowest BCUT2D eigenvalue weighted by Gasteiger charge is -2.22. The molecule has 0 unspecified atom stereocenters. The standard InChI is InChI=1S/C19H19NO2S/c1-15-4-2-5-17(12-15)19(21)20(13-16-8-10-22-14-16)9-7-18-6-3-11-23-18/h2-6,8,10-12,14H,7,9,13H2,1H3. The van der Waals surface area contributed by atoms with Gasteiger partial charge in [0.25, 0.3) is 5.91 Å². The van der Waals surface area contributed by atoms with Crippen molar-refractivity contribution in [2.75, 3.05) is 6.54 Å². The maximum absolute atomic E-state index is 12.9. The topological polar surface area (TPSA) is 33.5 Å². The maximum Gasteiger partial charge on any atom is 0.254 e. The van der Waals surface area contributed by atoms with Gasteiger partial charge < -0.3 is 9.32 Å². The minimum atomic E-state index is 0.0615. The van der Waals surface area contributed by atoms with E-state index < -0.39 is 0 Å². The first-order chi connectivity index (χ1) is 11.2. The van der Waals surface area contributed by atoms with Gasteiger partial charge in [-0.15, -0.1) is 11.3 Å². The van der Waals surface area contributed by atoms with Crippen molar-refractivity contribution in [3.63, 3.8) is 0 Å². The Morgan fingerprint density at radius 3 is 2.83 bits per heavy atom. The molecule has 3 rings (SSSR count). The molecule has 3 aromatic rings. The number of carbonyl (C=O) groups is 1. The summed E-state index contributed by atoms with van der Waals surface area (Å²) in [5.74, 6) is 0.0615. The molecule has 23 heavy (non-hydrogen) atoms. The maximum atomic E-state index is 12.9. The Kier molecular flexibility index (Phi) is 4.93. The summed E-state index contributed by atoms with van der Waals surface area (Å²) < 4.78 is 5.13. The van der Waals surface area contributed by atoms with Crippen LogP contribution < -0.4 is 0 Å². The molecule has 0 fully saturated rings. The largest absolute Gasteiger partial charge is 0.472 e. The van der Waals surface area contributed by atoms with Gasteiger partial charge in [-0.3, -0.25) is 4.79 Å². The number of hydrogen-bond donors (Lipinski definition) is 0. The Morgan fingerprint density at radius 1 is 1.22 bits per heavy atom. The van der Waals surface area contributed by atoms with Crippen LogP contribution in [0.2, 0.25) is 0 Å². The van der Waals surface area contributed by atoms with E-state index in [1.54, 1.807) is 23.9 Å². The van der Waals surface area contributed by atoms with Crippen LogP contribution in [0.5, 0.6) is 0 Å². The summed E-state index contributed by atoms with van der Waals surface area (Å²) in [6.07, 6.45) is 4.21. The zero-order valence-corrected chi connectivity index (χ0v) is 13.9. The number of hydrogen-bond acceptors (Lipinski definition) is 3. The number of carbonyl (C=O) groups excluding carboxylic acids is 1. The van der Waals surface area contributed by atoms with Crippen molar-refractivity contribution < 1.29 is 9.21 Å². The molecule has 0 N–H and O–H groups in total. The van der Waals surface area contributed by atoms with Crippen LogP contribution in [-0.4, -0.2) is 17.4 Å². The number of aryl methyl sites for hydroxylation is 1. The van der Waals surface area contributed by atoms with Crippen molar-refractivity contribution in [3.8, 4) is 0 Å². The van der Waals surface area contributed by atoms with Gasteiger partial charge in [0.05, 0.1) is 12.5 Å². The van der Waals surface area contributed by atoms with Gasteiger partial charge in [0.15, 0.2) is 0 Å². The molecule has 3 nitrogen and oxygen atoms in total. The second kappa shape index (κ2) is 7.29. The summed E-state index contributed by atoms with van der Waals surface area (Å²) in [6.45, 7) is 3.26. The van der Waals surface area contributed by atoms with Crippen molar-refractivity contribution >= 4 is 17.2 Å². The van der Waals surface area contributed by atoms with Crippen molar-refractivity contribution in [2.45, 2.75) is 19.9 Å². The number of furan rings is 1. The highest BCUT2D eigenvalue weighted by Gasteiger charge is 2.17. The van der Waals surface area contributed by atoms with E-state index in [1.165, 1.54) is 4.88 Å². The van der Waals surface area contributed by atoms with E-state index in [-0.39, 0.29) is 5.91 Å². The van der Waals surface area contributed by atoms with E-state index >= 15 is 0 Å². The molecule has 0 aliphatic carbocycles. The van der Waals surface area contributed by atoms with E-state index in [0.29, 0.717) is 13.1 Å². The summed E-state index contributed by atoms with van der Waals surface area (Å²) in [5.41, 5.74) is 2.84. The lowest BCUT2D eigenvalue weighted by atomic mass is 10.1. The SMILES string of the molecule is Cc1cccc(C(=O)N(CCc2cccs2)Cc2ccoc2)c1. The molecule has 0 bridgehead atoms. The molecule has 0 aliphatic rings. The van der Waals surface area contributed by atoms with E-state index in [2.05, 4.69) is 11.4 Å². The second-order valence-electron chi connectivity index (χ2n) is 5.56. The highest BCUT2D eigenvalue weighted by atomic mass is 32.1. The van der Waals surface area contributed by atoms with Gasteiger partial charge in [0, 0.05) is 29.1 Å². The summed E-state index contributed by atoms with van der Waals surface area (Å²) in [7, 11) is 0. The predicted molar refractivity (Wildman–Crippen MR) is 92.7 cm³/mol. The van der Waals surface area contributed by atoms with E-state index in [1.807, 2.05) is 48.2 Å². The van der Waals surface area contributed by atoms with Gasteiger partial charge >= 0.3 is 0 Å². The van der Waals surface area contributed by atoms with E-state index in [9.17, 15) is 4.79 Å². The molecule has 2 aromatic heterocycles. The highest BCUT2D eigenvalue weighted by Crippen LogP contribution is 2.15. The number of thiophene rings is 1. The molecule has 2 heterocycles.